The molecule has 9 heteroatoms. The quantitative estimate of drug-likeness (QED) is 0.778. The Morgan fingerprint density at radius 2 is 1.67 bits per heavy atom. The van der Waals surface area contributed by atoms with Crippen molar-refractivity contribution in [3.63, 3.8) is 0 Å². The maximum atomic E-state index is 12.7. The molecule has 2 N–H and O–H groups in total. The van der Waals surface area contributed by atoms with Crippen molar-refractivity contribution in [2.45, 2.75) is 6.92 Å². The summed E-state index contributed by atoms with van der Waals surface area (Å²) in [4.78, 5) is 39.7. The molecular formula is C21H23ClN4O4. The molecule has 0 aliphatic carbocycles. The minimum absolute atomic E-state index is 0.0921. The maximum Gasteiger partial charge on any atom is 0.322 e. The van der Waals surface area contributed by atoms with Gasteiger partial charge in [0.2, 0.25) is 5.91 Å². The second-order valence-corrected chi connectivity index (χ2v) is 7.22. The second kappa shape index (κ2) is 9.49. The molecule has 3 rings (SSSR count). The Hall–Kier alpha value is -3.26. The van der Waals surface area contributed by atoms with Gasteiger partial charge in [0, 0.05) is 44.4 Å². The van der Waals surface area contributed by atoms with Crippen LogP contribution in [0.25, 0.3) is 0 Å². The molecule has 0 radical (unpaired) electrons. The largest absolute Gasteiger partial charge is 0.497 e. The SMILES string of the molecule is COc1cccc(C(=O)N2CCN(C(=O)Nc3ccc(NC(C)=O)cc3Cl)CC2)c1. The Labute approximate surface area is 179 Å². The molecule has 1 heterocycles. The third kappa shape index (κ3) is 5.21. The molecule has 1 aliphatic heterocycles. The standard InChI is InChI=1S/C21H23ClN4O4/c1-14(27)23-16-6-7-19(18(22)13-16)24-21(29)26-10-8-25(9-11-26)20(28)15-4-3-5-17(12-15)30-2/h3-7,12-13H,8-11H2,1-2H3,(H,23,27)(H,24,29). The van der Waals surface area contributed by atoms with Crippen molar-refractivity contribution in [1.29, 1.82) is 0 Å². The fraction of sp³-hybridized carbons (Fsp3) is 0.286. The highest BCUT2D eigenvalue weighted by Crippen LogP contribution is 2.26. The number of hydrogen-bond acceptors (Lipinski definition) is 4. The van der Waals surface area contributed by atoms with Crippen molar-refractivity contribution in [3.05, 3.63) is 53.1 Å². The number of methoxy groups -OCH3 is 1. The maximum absolute atomic E-state index is 12.7. The number of ether oxygens (including phenoxy) is 1. The van der Waals surface area contributed by atoms with Gasteiger partial charge in [-0.25, -0.2) is 4.79 Å². The molecule has 158 valence electrons. The normalized spacial score (nSPS) is 13.6. The number of carbonyl (C=O) groups excluding carboxylic acids is 3. The molecule has 0 bridgehead atoms. The van der Waals surface area contributed by atoms with Crippen LogP contribution >= 0.6 is 11.6 Å². The van der Waals surface area contributed by atoms with Gasteiger partial charge in [-0.05, 0) is 36.4 Å². The van der Waals surface area contributed by atoms with Crippen LogP contribution in [0.4, 0.5) is 16.2 Å². The molecule has 0 atom stereocenters. The summed E-state index contributed by atoms with van der Waals surface area (Å²) >= 11 is 6.21. The van der Waals surface area contributed by atoms with Crippen molar-refractivity contribution >= 4 is 40.8 Å². The smallest absolute Gasteiger partial charge is 0.322 e. The number of halogens is 1. The van der Waals surface area contributed by atoms with Crippen LogP contribution in [0, 0.1) is 0 Å². The number of rotatable bonds is 4. The monoisotopic (exact) mass is 430 g/mol. The van der Waals surface area contributed by atoms with Gasteiger partial charge < -0.3 is 25.2 Å². The van der Waals surface area contributed by atoms with E-state index in [4.69, 9.17) is 16.3 Å². The minimum atomic E-state index is -0.294. The molecule has 1 aliphatic rings. The van der Waals surface area contributed by atoms with Crippen LogP contribution in [-0.2, 0) is 4.79 Å². The van der Waals surface area contributed by atoms with E-state index in [1.807, 2.05) is 0 Å². The zero-order valence-electron chi connectivity index (χ0n) is 16.8. The molecular weight excluding hydrogens is 408 g/mol. The highest BCUT2D eigenvalue weighted by Gasteiger charge is 2.25. The summed E-state index contributed by atoms with van der Waals surface area (Å²) in [6, 6.07) is 11.6. The number of anilines is 2. The summed E-state index contributed by atoms with van der Waals surface area (Å²) in [6.07, 6.45) is 0. The van der Waals surface area contributed by atoms with E-state index in [9.17, 15) is 14.4 Å². The van der Waals surface area contributed by atoms with Gasteiger partial charge in [-0.15, -0.1) is 0 Å². The summed E-state index contributed by atoms with van der Waals surface area (Å²) in [7, 11) is 1.56. The summed E-state index contributed by atoms with van der Waals surface area (Å²) < 4.78 is 5.17. The highest BCUT2D eigenvalue weighted by atomic mass is 35.5. The lowest BCUT2D eigenvalue weighted by Crippen LogP contribution is -2.51. The van der Waals surface area contributed by atoms with Crippen LogP contribution in [0.5, 0.6) is 5.75 Å². The van der Waals surface area contributed by atoms with Crippen LogP contribution in [-0.4, -0.2) is 60.9 Å². The fourth-order valence-electron chi connectivity index (χ4n) is 3.14. The number of carbonyl (C=O) groups is 3. The minimum Gasteiger partial charge on any atom is -0.497 e. The first-order valence-electron chi connectivity index (χ1n) is 9.44. The van der Waals surface area contributed by atoms with Crippen molar-refractivity contribution in [3.8, 4) is 5.75 Å². The topological polar surface area (TPSA) is 91.0 Å². The molecule has 0 saturated carbocycles. The molecule has 8 nitrogen and oxygen atoms in total. The lowest BCUT2D eigenvalue weighted by atomic mass is 10.1. The summed E-state index contributed by atoms with van der Waals surface area (Å²) in [5, 5.41) is 5.73. The third-order valence-electron chi connectivity index (χ3n) is 4.70. The van der Waals surface area contributed by atoms with Gasteiger partial charge in [0.25, 0.3) is 5.91 Å². The Bertz CT molecular complexity index is 958. The molecule has 2 aromatic rings. The van der Waals surface area contributed by atoms with Crippen LogP contribution in [0.15, 0.2) is 42.5 Å². The molecule has 4 amide bonds. The van der Waals surface area contributed by atoms with Gasteiger partial charge in [0.05, 0.1) is 17.8 Å². The molecule has 0 aromatic heterocycles. The van der Waals surface area contributed by atoms with E-state index in [2.05, 4.69) is 10.6 Å². The van der Waals surface area contributed by atoms with Crippen molar-refractivity contribution in [2.24, 2.45) is 0 Å². The molecule has 1 saturated heterocycles. The number of piperazine rings is 1. The first-order chi connectivity index (χ1) is 14.4. The Morgan fingerprint density at radius 1 is 0.967 bits per heavy atom. The van der Waals surface area contributed by atoms with Crippen LogP contribution in [0.2, 0.25) is 5.02 Å². The molecule has 2 aromatic carbocycles. The van der Waals surface area contributed by atoms with E-state index in [0.29, 0.717) is 53.9 Å². The zero-order valence-corrected chi connectivity index (χ0v) is 17.5. The average molecular weight is 431 g/mol. The molecule has 1 fully saturated rings. The Balaban J connectivity index is 1.56. The predicted octanol–water partition coefficient (Wildman–Crippen LogP) is 3.30. The van der Waals surface area contributed by atoms with Gasteiger partial charge in [0.15, 0.2) is 0 Å². The van der Waals surface area contributed by atoms with Gasteiger partial charge >= 0.3 is 6.03 Å². The lowest BCUT2D eigenvalue weighted by molar-refractivity contribution is -0.114. The number of hydrogen-bond donors (Lipinski definition) is 2. The van der Waals surface area contributed by atoms with Crippen LogP contribution < -0.4 is 15.4 Å². The predicted molar refractivity (Wildman–Crippen MR) is 115 cm³/mol. The van der Waals surface area contributed by atoms with Crippen LogP contribution in [0.1, 0.15) is 17.3 Å². The zero-order chi connectivity index (χ0) is 21.7. The molecule has 30 heavy (non-hydrogen) atoms. The highest BCUT2D eigenvalue weighted by molar-refractivity contribution is 6.34. The summed E-state index contributed by atoms with van der Waals surface area (Å²) in [5.41, 5.74) is 1.55. The molecule has 0 unspecified atom stereocenters. The van der Waals surface area contributed by atoms with E-state index in [1.165, 1.54) is 6.92 Å². The van der Waals surface area contributed by atoms with E-state index in [0.717, 1.165) is 0 Å². The van der Waals surface area contributed by atoms with Crippen molar-refractivity contribution in [2.75, 3.05) is 43.9 Å². The van der Waals surface area contributed by atoms with E-state index >= 15 is 0 Å². The van der Waals surface area contributed by atoms with Gasteiger partial charge in [-0.1, -0.05) is 17.7 Å². The summed E-state index contributed by atoms with van der Waals surface area (Å²) in [5.74, 6) is 0.329. The second-order valence-electron chi connectivity index (χ2n) is 6.82. The van der Waals surface area contributed by atoms with Gasteiger partial charge in [-0.3, -0.25) is 9.59 Å². The summed E-state index contributed by atoms with van der Waals surface area (Å²) in [6.45, 7) is 3.08. The number of nitrogens with one attached hydrogen (secondary N) is 2. The number of nitrogens with zero attached hydrogens (tertiary/aromatic N) is 2. The van der Waals surface area contributed by atoms with E-state index in [1.54, 1.807) is 59.4 Å². The fourth-order valence-corrected chi connectivity index (χ4v) is 3.37. The van der Waals surface area contributed by atoms with Gasteiger partial charge in [-0.2, -0.15) is 0 Å². The Morgan fingerprint density at radius 3 is 2.30 bits per heavy atom. The van der Waals surface area contributed by atoms with Crippen LogP contribution in [0.3, 0.4) is 0 Å². The van der Waals surface area contributed by atoms with Crippen molar-refractivity contribution in [1.82, 2.24) is 9.80 Å². The lowest BCUT2D eigenvalue weighted by Gasteiger charge is -2.34. The molecule has 0 spiro atoms. The average Bonchev–Trinajstić information content (AvgIpc) is 2.74. The number of urea groups is 1. The van der Waals surface area contributed by atoms with Crippen molar-refractivity contribution < 1.29 is 19.1 Å². The van der Waals surface area contributed by atoms with E-state index in [-0.39, 0.29) is 17.8 Å². The van der Waals surface area contributed by atoms with Gasteiger partial charge in [0.1, 0.15) is 5.75 Å². The first kappa shape index (κ1) is 21.4. The third-order valence-corrected chi connectivity index (χ3v) is 5.01. The Kier molecular flexibility index (Phi) is 6.79. The van der Waals surface area contributed by atoms with E-state index < -0.39 is 0 Å². The first-order valence-corrected chi connectivity index (χ1v) is 9.81. The number of amides is 4. The number of benzene rings is 2.